The van der Waals surface area contributed by atoms with E-state index in [1.54, 1.807) is 14.0 Å². The van der Waals surface area contributed by atoms with E-state index in [-0.39, 0.29) is 11.9 Å². The molecule has 0 radical (unpaired) electrons. The van der Waals surface area contributed by atoms with Crippen LogP contribution in [0.3, 0.4) is 0 Å². The number of rotatable bonds is 1. The van der Waals surface area contributed by atoms with Gasteiger partial charge in [-0.05, 0) is 6.92 Å². The molecule has 0 spiro atoms. The molecule has 0 aliphatic heterocycles. The Balaban J connectivity index is 3.91. The van der Waals surface area contributed by atoms with Crippen LogP contribution >= 0.6 is 0 Å². The lowest BCUT2D eigenvalue weighted by atomic mass is 10.3. The zero-order valence-corrected chi connectivity index (χ0v) is 5.88. The fourth-order valence-electron chi connectivity index (χ4n) is 0.359. The summed E-state index contributed by atoms with van der Waals surface area (Å²) >= 11 is 0. The number of nitrogens with zero attached hydrogens (tertiary/aromatic N) is 2. The van der Waals surface area contributed by atoms with Gasteiger partial charge in [0.2, 0.25) is 5.91 Å². The first-order valence-corrected chi connectivity index (χ1v) is 2.72. The molecule has 0 aliphatic rings. The van der Waals surface area contributed by atoms with Gasteiger partial charge in [-0.2, -0.15) is 5.26 Å². The summed E-state index contributed by atoms with van der Waals surface area (Å²) in [7, 11) is 1.61. The maximum atomic E-state index is 10.5. The minimum absolute atomic E-state index is 0.0796. The number of hydrogen-bond donors (Lipinski definition) is 0. The molecule has 0 rings (SSSR count). The lowest BCUT2D eigenvalue weighted by Crippen LogP contribution is -2.31. The maximum Gasteiger partial charge on any atom is 0.220 e. The minimum atomic E-state index is -0.317. The molecule has 0 saturated carbocycles. The Morgan fingerprint density at radius 3 is 2.33 bits per heavy atom. The number of amides is 1. The molecule has 0 aliphatic carbocycles. The van der Waals surface area contributed by atoms with Crippen LogP contribution < -0.4 is 0 Å². The smallest absolute Gasteiger partial charge is 0.220 e. The van der Waals surface area contributed by atoms with Crippen LogP contribution in [0.1, 0.15) is 13.8 Å². The van der Waals surface area contributed by atoms with Crippen molar-refractivity contribution in [2.24, 2.45) is 0 Å². The van der Waals surface area contributed by atoms with Gasteiger partial charge in [0, 0.05) is 14.0 Å². The molecule has 0 bridgehead atoms. The second kappa shape index (κ2) is 3.08. The number of nitriles is 1. The average molecular weight is 126 g/mol. The summed E-state index contributed by atoms with van der Waals surface area (Å²) in [5.74, 6) is -0.0796. The summed E-state index contributed by atoms with van der Waals surface area (Å²) < 4.78 is 0. The van der Waals surface area contributed by atoms with Crippen LogP contribution in [-0.2, 0) is 4.79 Å². The van der Waals surface area contributed by atoms with E-state index in [0.29, 0.717) is 0 Å². The maximum absolute atomic E-state index is 10.5. The molecule has 3 heteroatoms. The van der Waals surface area contributed by atoms with Crippen molar-refractivity contribution in [2.45, 2.75) is 19.9 Å². The highest BCUT2D eigenvalue weighted by atomic mass is 16.2. The van der Waals surface area contributed by atoms with Crippen LogP contribution in [-0.4, -0.2) is 23.9 Å². The summed E-state index contributed by atoms with van der Waals surface area (Å²) in [6.45, 7) is 3.12. The van der Waals surface area contributed by atoms with Gasteiger partial charge in [-0.15, -0.1) is 0 Å². The summed E-state index contributed by atoms with van der Waals surface area (Å²) in [5.41, 5.74) is 0. The summed E-state index contributed by atoms with van der Waals surface area (Å²) in [4.78, 5) is 11.9. The van der Waals surface area contributed by atoms with Crippen molar-refractivity contribution in [3.8, 4) is 6.07 Å². The van der Waals surface area contributed by atoms with E-state index in [0.717, 1.165) is 0 Å². The van der Waals surface area contributed by atoms with Crippen molar-refractivity contribution in [2.75, 3.05) is 7.05 Å². The van der Waals surface area contributed by atoms with Crippen LogP contribution in [0.2, 0.25) is 0 Å². The first kappa shape index (κ1) is 7.96. The van der Waals surface area contributed by atoms with Crippen LogP contribution in [0, 0.1) is 11.3 Å². The zero-order chi connectivity index (χ0) is 7.44. The third-order valence-corrected chi connectivity index (χ3v) is 1.26. The number of carbonyl (C=O) groups is 1. The lowest BCUT2D eigenvalue weighted by molar-refractivity contribution is -0.128. The van der Waals surface area contributed by atoms with E-state index in [9.17, 15) is 4.79 Å². The summed E-state index contributed by atoms with van der Waals surface area (Å²) in [5, 5.41) is 8.31. The van der Waals surface area contributed by atoms with Gasteiger partial charge in [-0.25, -0.2) is 0 Å². The van der Waals surface area contributed by atoms with Crippen molar-refractivity contribution < 1.29 is 4.79 Å². The fraction of sp³-hybridized carbons (Fsp3) is 0.667. The van der Waals surface area contributed by atoms with E-state index in [2.05, 4.69) is 0 Å². The van der Waals surface area contributed by atoms with Crippen LogP contribution in [0.5, 0.6) is 0 Å². The summed E-state index contributed by atoms with van der Waals surface area (Å²) in [6, 6.07) is 1.63. The Kier molecular flexibility index (Phi) is 2.72. The largest absolute Gasteiger partial charge is 0.330 e. The first-order valence-electron chi connectivity index (χ1n) is 2.72. The molecule has 0 aromatic carbocycles. The predicted octanol–water partition coefficient (Wildman–Crippen LogP) is 0.377. The van der Waals surface area contributed by atoms with Gasteiger partial charge in [0.05, 0.1) is 6.07 Å². The van der Waals surface area contributed by atoms with Gasteiger partial charge >= 0.3 is 0 Å². The molecule has 1 unspecified atom stereocenters. The Hall–Kier alpha value is -1.04. The minimum Gasteiger partial charge on any atom is -0.330 e. The van der Waals surface area contributed by atoms with Gasteiger partial charge < -0.3 is 4.90 Å². The van der Waals surface area contributed by atoms with Crippen LogP contribution in [0.25, 0.3) is 0 Å². The second-order valence-electron chi connectivity index (χ2n) is 1.93. The molecule has 0 fully saturated rings. The molecule has 0 heterocycles. The topological polar surface area (TPSA) is 44.1 Å². The van der Waals surface area contributed by atoms with E-state index in [1.807, 2.05) is 6.07 Å². The molecule has 3 nitrogen and oxygen atoms in total. The highest BCUT2D eigenvalue weighted by molar-refractivity contribution is 5.73. The van der Waals surface area contributed by atoms with Crippen molar-refractivity contribution >= 4 is 5.91 Å². The van der Waals surface area contributed by atoms with E-state index < -0.39 is 0 Å². The van der Waals surface area contributed by atoms with Crippen molar-refractivity contribution in [3.63, 3.8) is 0 Å². The molecule has 50 valence electrons. The normalized spacial score (nSPS) is 11.8. The predicted molar refractivity (Wildman–Crippen MR) is 33.5 cm³/mol. The lowest BCUT2D eigenvalue weighted by Gasteiger charge is -2.15. The Morgan fingerprint density at radius 2 is 2.22 bits per heavy atom. The van der Waals surface area contributed by atoms with E-state index >= 15 is 0 Å². The van der Waals surface area contributed by atoms with E-state index in [4.69, 9.17) is 5.26 Å². The Bertz CT molecular complexity index is 148. The quantitative estimate of drug-likeness (QED) is 0.509. The molecule has 0 N–H and O–H groups in total. The summed E-state index contributed by atoms with van der Waals surface area (Å²) in [6.07, 6.45) is 0. The van der Waals surface area contributed by atoms with Gasteiger partial charge in [0.25, 0.3) is 0 Å². The van der Waals surface area contributed by atoms with Crippen molar-refractivity contribution in [1.82, 2.24) is 4.90 Å². The molecule has 0 saturated heterocycles. The monoisotopic (exact) mass is 126 g/mol. The number of hydrogen-bond acceptors (Lipinski definition) is 2. The van der Waals surface area contributed by atoms with Gasteiger partial charge in [-0.3, -0.25) is 4.79 Å². The van der Waals surface area contributed by atoms with Crippen molar-refractivity contribution in [1.29, 1.82) is 5.26 Å². The Morgan fingerprint density at radius 1 is 1.78 bits per heavy atom. The molecule has 0 aromatic heterocycles. The standard InChI is InChI=1S/C6H10N2O/c1-5(4-7)8(3)6(2)9/h5H,1-3H3. The highest BCUT2D eigenvalue weighted by Gasteiger charge is 2.08. The van der Waals surface area contributed by atoms with Gasteiger partial charge in [0.15, 0.2) is 0 Å². The molecule has 9 heavy (non-hydrogen) atoms. The third kappa shape index (κ3) is 2.13. The SMILES string of the molecule is CC(=O)N(C)C(C)C#N. The van der Waals surface area contributed by atoms with Crippen molar-refractivity contribution in [3.05, 3.63) is 0 Å². The third-order valence-electron chi connectivity index (χ3n) is 1.26. The molecular weight excluding hydrogens is 116 g/mol. The first-order chi connectivity index (χ1) is 4.09. The highest BCUT2D eigenvalue weighted by Crippen LogP contribution is 1.91. The zero-order valence-electron chi connectivity index (χ0n) is 5.88. The van der Waals surface area contributed by atoms with Crippen LogP contribution in [0.15, 0.2) is 0 Å². The molecule has 0 aromatic rings. The Labute approximate surface area is 54.9 Å². The second-order valence-corrected chi connectivity index (χ2v) is 1.93. The van der Waals surface area contributed by atoms with Gasteiger partial charge in [0.1, 0.15) is 6.04 Å². The molecule has 1 atom stereocenters. The van der Waals surface area contributed by atoms with Crippen LogP contribution in [0.4, 0.5) is 0 Å². The van der Waals surface area contributed by atoms with E-state index in [1.165, 1.54) is 11.8 Å². The van der Waals surface area contributed by atoms with Gasteiger partial charge in [-0.1, -0.05) is 0 Å². The average Bonchev–Trinajstić information content (AvgIpc) is 1.84. The molecular formula is C6H10N2O. The fourth-order valence-corrected chi connectivity index (χ4v) is 0.359. The molecule has 1 amide bonds. The number of carbonyl (C=O) groups excluding carboxylic acids is 1.